The number of benzene rings is 1. The van der Waals surface area contributed by atoms with Gasteiger partial charge in [-0.05, 0) is 24.3 Å². The molecule has 0 aromatic heterocycles. The molecule has 0 atom stereocenters. The minimum absolute atomic E-state index is 0.171. The number of hydrogen-bond acceptors (Lipinski definition) is 4. The summed E-state index contributed by atoms with van der Waals surface area (Å²) >= 11 is 1.02. The van der Waals surface area contributed by atoms with Crippen molar-refractivity contribution >= 4 is 28.6 Å². The van der Waals surface area contributed by atoms with Crippen molar-refractivity contribution in [2.24, 2.45) is 0 Å². The molecule has 4 nitrogen and oxygen atoms in total. The predicted octanol–water partition coefficient (Wildman–Crippen LogP) is 1.89. The van der Waals surface area contributed by atoms with Gasteiger partial charge in [0.2, 0.25) is 5.91 Å². The second kappa shape index (κ2) is 3.94. The van der Waals surface area contributed by atoms with E-state index in [1.807, 2.05) is 0 Å². The lowest BCUT2D eigenvalue weighted by Gasteiger charge is -2.12. The summed E-state index contributed by atoms with van der Waals surface area (Å²) in [5, 5.41) is -0.217. The van der Waals surface area contributed by atoms with E-state index < -0.39 is 0 Å². The minimum atomic E-state index is -0.217. The van der Waals surface area contributed by atoms with Crippen LogP contribution >= 0.6 is 11.8 Å². The van der Waals surface area contributed by atoms with E-state index in [0.717, 1.165) is 11.8 Å². The van der Waals surface area contributed by atoms with Gasteiger partial charge in [-0.15, -0.1) is 0 Å². The number of carbonyl (C=O) groups is 2. The minimum Gasteiger partial charge on any atom is -0.497 e. The Morgan fingerprint density at radius 2 is 1.93 bits per heavy atom. The molecule has 0 N–H and O–H groups in total. The van der Waals surface area contributed by atoms with Crippen LogP contribution in [0.15, 0.2) is 24.3 Å². The molecule has 1 aliphatic heterocycles. The first-order valence-electron chi connectivity index (χ1n) is 4.36. The van der Waals surface area contributed by atoms with Crippen LogP contribution in [0.1, 0.15) is 0 Å². The summed E-state index contributed by atoms with van der Waals surface area (Å²) in [4.78, 5) is 24.0. The molecular weight excluding hydrogens is 214 g/mol. The Bertz CT molecular complexity index is 386. The van der Waals surface area contributed by atoms with Crippen molar-refractivity contribution in [3.8, 4) is 5.75 Å². The molecule has 1 fully saturated rings. The molecule has 1 aliphatic rings. The quantitative estimate of drug-likeness (QED) is 0.768. The first-order chi connectivity index (χ1) is 7.22. The van der Waals surface area contributed by atoms with Crippen LogP contribution in [0.5, 0.6) is 5.75 Å². The number of hydrogen-bond donors (Lipinski definition) is 0. The van der Waals surface area contributed by atoms with Gasteiger partial charge in [0.15, 0.2) is 0 Å². The van der Waals surface area contributed by atoms with E-state index in [-0.39, 0.29) is 16.9 Å². The zero-order chi connectivity index (χ0) is 10.8. The SMILES string of the molecule is COc1ccc(N2C(=O)CSC2=O)cc1. The molecule has 2 amide bonds. The van der Waals surface area contributed by atoms with Crippen LogP contribution in [-0.4, -0.2) is 24.0 Å². The summed E-state index contributed by atoms with van der Waals surface area (Å²) in [7, 11) is 1.57. The molecule has 0 aliphatic carbocycles. The summed E-state index contributed by atoms with van der Waals surface area (Å²) in [6, 6.07) is 6.83. The third-order valence-corrected chi connectivity index (χ3v) is 2.90. The molecule has 5 heteroatoms. The summed E-state index contributed by atoms with van der Waals surface area (Å²) < 4.78 is 4.99. The Morgan fingerprint density at radius 3 is 2.40 bits per heavy atom. The number of ether oxygens (including phenoxy) is 1. The standard InChI is InChI=1S/C10H9NO3S/c1-14-8-4-2-7(3-5-8)11-9(12)6-15-10(11)13/h2-5H,6H2,1H3. The van der Waals surface area contributed by atoms with E-state index in [1.54, 1.807) is 31.4 Å². The van der Waals surface area contributed by atoms with Crippen molar-refractivity contribution < 1.29 is 14.3 Å². The normalized spacial score (nSPS) is 15.9. The molecule has 0 spiro atoms. The summed E-state index contributed by atoms with van der Waals surface area (Å²) in [5.74, 6) is 0.755. The van der Waals surface area contributed by atoms with Crippen LogP contribution in [0.4, 0.5) is 10.5 Å². The number of methoxy groups -OCH3 is 1. The van der Waals surface area contributed by atoms with Crippen molar-refractivity contribution in [2.75, 3.05) is 17.8 Å². The highest BCUT2D eigenvalue weighted by molar-refractivity contribution is 8.15. The van der Waals surface area contributed by atoms with E-state index in [2.05, 4.69) is 0 Å². The Kier molecular flexibility index (Phi) is 2.64. The highest BCUT2D eigenvalue weighted by Crippen LogP contribution is 2.27. The lowest BCUT2D eigenvalue weighted by Crippen LogP contribution is -2.27. The maximum Gasteiger partial charge on any atom is 0.293 e. The number of rotatable bonds is 2. The van der Waals surface area contributed by atoms with Gasteiger partial charge in [0, 0.05) is 0 Å². The number of amides is 2. The molecular formula is C10H9NO3S. The van der Waals surface area contributed by atoms with Gasteiger partial charge in [-0.2, -0.15) is 0 Å². The van der Waals surface area contributed by atoms with Crippen molar-refractivity contribution in [1.82, 2.24) is 0 Å². The largest absolute Gasteiger partial charge is 0.497 e. The third kappa shape index (κ3) is 1.83. The molecule has 1 aromatic rings. The maximum atomic E-state index is 11.4. The van der Waals surface area contributed by atoms with Crippen LogP contribution in [-0.2, 0) is 4.79 Å². The molecule has 1 saturated heterocycles. The molecule has 0 unspecified atom stereocenters. The van der Waals surface area contributed by atoms with Crippen LogP contribution < -0.4 is 9.64 Å². The summed E-state index contributed by atoms with van der Waals surface area (Å²) in [5.41, 5.74) is 0.593. The van der Waals surface area contributed by atoms with Crippen LogP contribution in [0.25, 0.3) is 0 Å². The molecule has 1 aromatic carbocycles. The number of anilines is 1. The molecule has 0 bridgehead atoms. The molecule has 0 saturated carbocycles. The summed E-state index contributed by atoms with van der Waals surface area (Å²) in [6.45, 7) is 0. The van der Waals surface area contributed by atoms with Crippen LogP contribution in [0.3, 0.4) is 0 Å². The molecule has 1 heterocycles. The van der Waals surface area contributed by atoms with Gasteiger partial charge < -0.3 is 4.74 Å². The van der Waals surface area contributed by atoms with E-state index >= 15 is 0 Å². The van der Waals surface area contributed by atoms with Gasteiger partial charge >= 0.3 is 0 Å². The zero-order valence-electron chi connectivity index (χ0n) is 8.10. The highest BCUT2D eigenvalue weighted by atomic mass is 32.2. The van der Waals surface area contributed by atoms with E-state index in [4.69, 9.17) is 4.74 Å². The number of thioether (sulfide) groups is 1. The van der Waals surface area contributed by atoms with Gasteiger partial charge in [0.1, 0.15) is 5.75 Å². The summed E-state index contributed by atoms with van der Waals surface area (Å²) in [6.07, 6.45) is 0. The topological polar surface area (TPSA) is 46.6 Å². The van der Waals surface area contributed by atoms with Gasteiger partial charge in [-0.25, -0.2) is 4.90 Å². The second-order valence-corrected chi connectivity index (χ2v) is 3.91. The highest BCUT2D eigenvalue weighted by Gasteiger charge is 2.31. The number of carbonyl (C=O) groups excluding carboxylic acids is 2. The fourth-order valence-corrected chi connectivity index (χ4v) is 2.05. The Labute approximate surface area is 91.2 Å². The van der Waals surface area contributed by atoms with Crippen molar-refractivity contribution in [3.05, 3.63) is 24.3 Å². The van der Waals surface area contributed by atoms with Gasteiger partial charge in [0.05, 0.1) is 18.6 Å². The van der Waals surface area contributed by atoms with Crippen LogP contribution in [0, 0.1) is 0 Å². The lowest BCUT2D eigenvalue weighted by atomic mass is 10.3. The molecule has 0 radical (unpaired) electrons. The fourth-order valence-electron chi connectivity index (χ4n) is 1.34. The van der Waals surface area contributed by atoms with E-state index in [9.17, 15) is 9.59 Å². The van der Waals surface area contributed by atoms with Gasteiger partial charge in [0.25, 0.3) is 5.24 Å². The molecule has 15 heavy (non-hydrogen) atoms. The van der Waals surface area contributed by atoms with Crippen molar-refractivity contribution in [3.63, 3.8) is 0 Å². The first kappa shape index (κ1) is 10.0. The Morgan fingerprint density at radius 1 is 1.27 bits per heavy atom. The smallest absolute Gasteiger partial charge is 0.293 e. The van der Waals surface area contributed by atoms with Gasteiger partial charge in [-0.1, -0.05) is 11.8 Å². The van der Waals surface area contributed by atoms with E-state index in [0.29, 0.717) is 11.4 Å². The van der Waals surface area contributed by atoms with Crippen molar-refractivity contribution in [1.29, 1.82) is 0 Å². The van der Waals surface area contributed by atoms with Gasteiger partial charge in [-0.3, -0.25) is 9.59 Å². The monoisotopic (exact) mass is 223 g/mol. The molecule has 2 rings (SSSR count). The number of imide groups is 1. The third-order valence-electron chi connectivity index (χ3n) is 2.08. The number of nitrogens with zero attached hydrogens (tertiary/aromatic N) is 1. The molecule has 78 valence electrons. The first-order valence-corrected chi connectivity index (χ1v) is 5.34. The average Bonchev–Trinajstić information content (AvgIpc) is 2.59. The van der Waals surface area contributed by atoms with E-state index in [1.165, 1.54) is 4.90 Å². The van der Waals surface area contributed by atoms with Crippen molar-refractivity contribution in [2.45, 2.75) is 0 Å². The average molecular weight is 223 g/mol. The Hall–Kier alpha value is -1.49. The Balaban J connectivity index is 2.29. The fraction of sp³-hybridized carbons (Fsp3) is 0.200. The van der Waals surface area contributed by atoms with Crippen LogP contribution in [0.2, 0.25) is 0 Å². The lowest BCUT2D eigenvalue weighted by molar-refractivity contribution is -0.115. The second-order valence-electron chi connectivity index (χ2n) is 2.98. The maximum absolute atomic E-state index is 11.4. The zero-order valence-corrected chi connectivity index (χ0v) is 8.91. The predicted molar refractivity (Wildman–Crippen MR) is 58.3 cm³/mol.